The monoisotopic (exact) mass is 250 g/mol. The van der Waals surface area contributed by atoms with Crippen LogP contribution in [0.4, 0.5) is 0 Å². The number of nitrogens with zero attached hydrogens (tertiary/aromatic N) is 3. The Balaban J connectivity index is 2.19. The number of likely N-dealkylation sites (N-methyl/N-ethyl adjacent to an activating group) is 1. The summed E-state index contributed by atoms with van der Waals surface area (Å²) in [6.45, 7) is 4.12. The van der Waals surface area contributed by atoms with E-state index in [0.29, 0.717) is 6.04 Å². The van der Waals surface area contributed by atoms with Gasteiger partial charge in [-0.15, -0.1) is 11.3 Å². The predicted molar refractivity (Wildman–Crippen MR) is 70.3 cm³/mol. The summed E-state index contributed by atoms with van der Waals surface area (Å²) in [5.74, 6) is 0. The SMILES string of the molecule is CNC(Cc1ccn(C)n1)c1sc(C)nc1C. The van der Waals surface area contributed by atoms with E-state index in [4.69, 9.17) is 0 Å². The molecule has 17 heavy (non-hydrogen) atoms. The van der Waals surface area contributed by atoms with Crippen molar-refractivity contribution in [2.45, 2.75) is 26.3 Å². The van der Waals surface area contributed by atoms with Crippen LogP contribution in [0.15, 0.2) is 12.3 Å². The van der Waals surface area contributed by atoms with Crippen LogP contribution in [0.2, 0.25) is 0 Å². The highest BCUT2D eigenvalue weighted by Crippen LogP contribution is 2.26. The zero-order valence-electron chi connectivity index (χ0n) is 10.7. The number of hydrogen-bond acceptors (Lipinski definition) is 4. The molecule has 2 heterocycles. The number of nitrogens with one attached hydrogen (secondary N) is 1. The Kier molecular flexibility index (Phi) is 3.59. The molecule has 4 nitrogen and oxygen atoms in total. The molecule has 92 valence electrons. The summed E-state index contributed by atoms with van der Waals surface area (Å²) in [7, 11) is 3.93. The first-order valence-corrected chi connectivity index (χ1v) is 6.51. The minimum Gasteiger partial charge on any atom is -0.312 e. The number of aromatic nitrogens is 3. The standard InChI is InChI=1S/C12H18N4S/c1-8-12(17-9(2)14-8)11(13-3)7-10-5-6-16(4)15-10/h5-6,11,13H,7H2,1-4H3. The molecule has 0 aromatic carbocycles. The summed E-state index contributed by atoms with van der Waals surface area (Å²) < 4.78 is 1.84. The van der Waals surface area contributed by atoms with Crippen molar-refractivity contribution in [1.82, 2.24) is 20.1 Å². The summed E-state index contributed by atoms with van der Waals surface area (Å²) in [4.78, 5) is 5.80. The first kappa shape index (κ1) is 12.3. The fourth-order valence-electron chi connectivity index (χ4n) is 1.98. The van der Waals surface area contributed by atoms with Gasteiger partial charge in [-0.1, -0.05) is 0 Å². The number of aryl methyl sites for hydroxylation is 3. The molecule has 0 spiro atoms. The lowest BCUT2D eigenvalue weighted by Crippen LogP contribution is -2.19. The van der Waals surface area contributed by atoms with Gasteiger partial charge in [-0.25, -0.2) is 4.98 Å². The fraction of sp³-hybridized carbons (Fsp3) is 0.500. The molecular formula is C12H18N4S. The first-order valence-electron chi connectivity index (χ1n) is 5.70. The van der Waals surface area contributed by atoms with E-state index in [9.17, 15) is 0 Å². The molecule has 1 N–H and O–H groups in total. The minimum absolute atomic E-state index is 0.302. The molecule has 1 atom stereocenters. The van der Waals surface area contributed by atoms with Crippen molar-refractivity contribution in [2.75, 3.05) is 7.05 Å². The van der Waals surface area contributed by atoms with Crippen molar-refractivity contribution >= 4 is 11.3 Å². The van der Waals surface area contributed by atoms with Crippen LogP contribution in [0.5, 0.6) is 0 Å². The van der Waals surface area contributed by atoms with Crippen LogP contribution in [-0.4, -0.2) is 21.8 Å². The van der Waals surface area contributed by atoms with Gasteiger partial charge in [0.05, 0.1) is 16.4 Å². The highest BCUT2D eigenvalue weighted by molar-refractivity contribution is 7.11. The van der Waals surface area contributed by atoms with Crippen LogP contribution < -0.4 is 5.32 Å². The summed E-state index contributed by atoms with van der Waals surface area (Å²) in [6, 6.07) is 2.37. The lowest BCUT2D eigenvalue weighted by molar-refractivity contribution is 0.582. The molecule has 0 aliphatic heterocycles. The smallest absolute Gasteiger partial charge is 0.0900 e. The third-order valence-electron chi connectivity index (χ3n) is 2.79. The maximum absolute atomic E-state index is 4.48. The van der Waals surface area contributed by atoms with Gasteiger partial charge in [-0.2, -0.15) is 5.10 Å². The third-order valence-corrected chi connectivity index (χ3v) is 3.97. The highest BCUT2D eigenvalue weighted by atomic mass is 32.1. The van der Waals surface area contributed by atoms with Gasteiger partial charge in [-0.3, -0.25) is 4.68 Å². The van der Waals surface area contributed by atoms with Gasteiger partial charge >= 0.3 is 0 Å². The molecule has 0 aliphatic carbocycles. The third kappa shape index (κ3) is 2.73. The predicted octanol–water partition coefficient (Wildman–Crippen LogP) is 2.00. The molecule has 1 unspecified atom stereocenters. The summed E-state index contributed by atoms with van der Waals surface area (Å²) >= 11 is 1.76. The van der Waals surface area contributed by atoms with Gasteiger partial charge in [0.2, 0.25) is 0 Å². The first-order chi connectivity index (χ1) is 8.10. The number of rotatable bonds is 4. The highest BCUT2D eigenvalue weighted by Gasteiger charge is 2.17. The van der Waals surface area contributed by atoms with Crippen molar-refractivity contribution in [1.29, 1.82) is 0 Å². The molecular weight excluding hydrogens is 232 g/mol. The Morgan fingerprint density at radius 3 is 2.71 bits per heavy atom. The zero-order valence-corrected chi connectivity index (χ0v) is 11.5. The molecule has 0 fully saturated rings. The molecule has 2 rings (SSSR count). The molecule has 5 heteroatoms. The van der Waals surface area contributed by atoms with Gasteiger partial charge in [-0.05, 0) is 27.0 Å². The van der Waals surface area contributed by atoms with Gasteiger partial charge in [0, 0.05) is 30.6 Å². The maximum atomic E-state index is 4.48. The van der Waals surface area contributed by atoms with Crippen LogP contribution in [0, 0.1) is 13.8 Å². The van der Waals surface area contributed by atoms with Crippen molar-refractivity contribution < 1.29 is 0 Å². The van der Waals surface area contributed by atoms with Crippen molar-refractivity contribution in [3.63, 3.8) is 0 Å². The normalized spacial score (nSPS) is 12.9. The van der Waals surface area contributed by atoms with E-state index in [-0.39, 0.29) is 0 Å². The second kappa shape index (κ2) is 4.98. The largest absolute Gasteiger partial charge is 0.312 e. The van der Waals surface area contributed by atoms with Crippen LogP contribution in [0.3, 0.4) is 0 Å². The van der Waals surface area contributed by atoms with E-state index in [1.807, 2.05) is 25.0 Å². The minimum atomic E-state index is 0.302. The fourth-order valence-corrected chi connectivity index (χ4v) is 3.02. The topological polar surface area (TPSA) is 42.7 Å². The second-order valence-electron chi connectivity index (χ2n) is 4.21. The van der Waals surface area contributed by atoms with Gasteiger partial charge in [0.1, 0.15) is 0 Å². The van der Waals surface area contributed by atoms with Gasteiger partial charge in [0.25, 0.3) is 0 Å². The molecule has 0 bridgehead atoms. The maximum Gasteiger partial charge on any atom is 0.0900 e. The Morgan fingerprint density at radius 2 is 2.24 bits per heavy atom. The van der Waals surface area contributed by atoms with E-state index in [0.717, 1.165) is 22.8 Å². The van der Waals surface area contributed by atoms with Gasteiger partial charge in [0.15, 0.2) is 0 Å². The molecule has 2 aromatic rings. The zero-order chi connectivity index (χ0) is 12.4. The van der Waals surface area contributed by atoms with Crippen LogP contribution in [0.1, 0.15) is 27.3 Å². The van der Waals surface area contributed by atoms with Crippen LogP contribution in [0.25, 0.3) is 0 Å². The molecule has 0 aliphatic rings. The molecule has 2 aromatic heterocycles. The Morgan fingerprint density at radius 1 is 1.47 bits per heavy atom. The van der Waals surface area contributed by atoms with E-state index in [2.05, 4.69) is 35.3 Å². The average Bonchev–Trinajstić information content (AvgIpc) is 2.82. The van der Waals surface area contributed by atoms with E-state index in [1.165, 1.54) is 4.88 Å². The van der Waals surface area contributed by atoms with Gasteiger partial charge < -0.3 is 5.32 Å². The quantitative estimate of drug-likeness (QED) is 0.902. The summed E-state index contributed by atoms with van der Waals surface area (Å²) in [6.07, 6.45) is 2.88. The van der Waals surface area contributed by atoms with Crippen molar-refractivity contribution in [3.8, 4) is 0 Å². The van der Waals surface area contributed by atoms with Crippen LogP contribution >= 0.6 is 11.3 Å². The summed E-state index contributed by atoms with van der Waals surface area (Å²) in [5.41, 5.74) is 2.24. The molecule has 0 amide bonds. The molecule has 0 saturated heterocycles. The number of thiazole rings is 1. The van der Waals surface area contributed by atoms with Crippen molar-refractivity contribution in [3.05, 3.63) is 33.5 Å². The molecule has 0 radical (unpaired) electrons. The lowest BCUT2D eigenvalue weighted by atomic mass is 10.1. The second-order valence-corrected chi connectivity index (χ2v) is 5.44. The lowest BCUT2D eigenvalue weighted by Gasteiger charge is -2.13. The average molecular weight is 250 g/mol. The summed E-state index contributed by atoms with van der Waals surface area (Å²) in [5, 5.41) is 8.90. The Bertz CT molecular complexity index is 500. The number of hydrogen-bond donors (Lipinski definition) is 1. The molecule has 0 saturated carbocycles. The van der Waals surface area contributed by atoms with Crippen LogP contribution in [-0.2, 0) is 13.5 Å². The van der Waals surface area contributed by atoms with E-state index < -0.39 is 0 Å². The van der Waals surface area contributed by atoms with E-state index >= 15 is 0 Å². The van der Waals surface area contributed by atoms with Crippen molar-refractivity contribution in [2.24, 2.45) is 7.05 Å². The van der Waals surface area contributed by atoms with E-state index in [1.54, 1.807) is 11.3 Å². The Hall–Kier alpha value is -1.20. The Labute approximate surface area is 106 Å².